The van der Waals surface area contributed by atoms with Crippen LogP contribution < -0.4 is 5.32 Å². The quantitative estimate of drug-likeness (QED) is 0.905. The molecule has 3 rings (SSSR count). The van der Waals surface area contributed by atoms with Gasteiger partial charge in [0.2, 0.25) is 0 Å². The molecule has 1 fully saturated rings. The predicted molar refractivity (Wildman–Crippen MR) is 91.9 cm³/mol. The molecule has 0 spiro atoms. The third-order valence-electron chi connectivity index (χ3n) is 4.58. The minimum Gasteiger partial charge on any atom is -0.396 e. The SMILES string of the molecule is CC(NC(=O)N1CCCC(CO)C1)c1cccc(-n2ccnc2)c1. The van der Waals surface area contributed by atoms with E-state index in [1.807, 2.05) is 35.9 Å². The highest BCUT2D eigenvalue weighted by Gasteiger charge is 2.24. The normalized spacial score (nSPS) is 19.1. The lowest BCUT2D eigenvalue weighted by molar-refractivity contribution is 0.128. The summed E-state index contributed by atoms with van der Waals surface area (Å²) in [5.74, 6) is 0.198. The maximum absolute atomic E-state index is 12.5. The van der Waals surface area contributed by atoms with Crippen molar-refractivity contribution in [3.8, 4) is 5.69 Å². The van der Waals surface area contributed by atoms with Gasteiger partial charge >= 0.3 is 6.03 Å². The van der Waals surface area contributed by atoms with Crippen molar-refractivity contribution in [1.29, 1.82) is 0 Å². The van der Waals surface area contributed by atoms with E-state index < -0.39 is 0 Å². The summed E-state index contributed by atoms with van der Waals surface area (Å²) in [7, 11) is 0. The van der Waals surface area contributed by atoms with Gasteiger partial charge in [-0.3, -0.25) is 0 Å². The van der Waals surface area contributed by atoms with E-state index in [0.29, 0.717) is 6.54 Å². The Morgan fingerprint density at radius 1 is 1.50 bits per heavy atom. The van der Waals surface area contributed by atoms with Crippen molar-refractivity contribution in [3.05, 3.63) is 48.5 Å². The van der Waals surface area contributed by atoms with Crippen LogP contribution in [0.5, 0.6) is 0 Å². The summed E-state index contributed by atoms with van der Waals surface area (Å²) >= 11 is 0. The molecule has 24 heavy (non-hydrogen) atoms. The number of rotatable bonds is 4. The zero-order valence-electron chi connectivity index (χ0n) is 13.9. The van der Waals surface area contributed by atoms with Gasteiger partial charge in [0.15, 0.2) is 0 Å². The van der Waals surface area contributed by atoms with Crippen molar-refractivity contribution >= 4 is 6.03 Å². The molecule has 6 heteroatoms. The Morgan fingerprint density at radius 2 is 2.38 bits per heavy atom. The fourth-order valence-corrected chi connectivity index (χ4v) is 3.12. The zero-order valence-corrected chi connectivity index (χ0v) is 13.9. The number of urea groups is 1. The number of likely N-dealkylation sites (tertiary alicyclic amines) is 1. The summed E-state index contributed by atoms with van der Waals surface area (Å²) < 4.78 is 1.94. The van der Waals surface area contributed by atoms with Gasteiger partial charge in [0.1, 0.15) is 0 Å². The van der Waals surface area contributed by atoms with Crippen LogP contribution in [-0.4, -0.2) is 45.3 Å². The summed E-state index contributed by atoms with van der Waals surface area (Å²) in [6.45, 7) is 3.51. The minimum absolute atomic E-state index is 0.0614. The fraction of sp³-hybridized carbons (Fsp3) is 0.444. The molecule has 0 bridgehead atoms. The van der Waals surface area contributed by atoms with Crippen molar-refractivity contribution < 1.29 is 9.90 Å². The molecule has 6 nitrogen and oxygen atoms in total. The first-order valence-corrected chi connectivity index (χ1v) is 8.42. The highest BCUT2D eigenvalue weighted by atomic mass is 16.3. The number of carbonyl (C=O) groups is 1. The Labute approximate surface area is 142 Å². The number of hydrogen-bond donors (Lipinski definition) is 2. The van der Waals surface area contributed by atoms with E-state index in [1.54, 1.807) is 17.4 Å². The van der Waals surface area contributed by atoms with Crippen LogP contribution in [0.2, 0.25) is 0 Å². The van der Waals surface area contributed by atoms with Crippen LogP contribution in [0.25, 0.3) is 5.69 Å². The second-order valence-corrected chi connectivity index (χ2v) is 6.37. The minimum atomic E-state index is -0.0875. The van der Waals surface area contributed by atoms with Crippen LogP contribution >= 0.6 is 0 Å². The van der Waals surface area contributed by atoms with Gasteiger partial charge in [-0.2, -0.15) is 0 Å². The van der Waals surface area contributed by atoms with Gasteiger partial charge < -0.3 is 19.9 Å². The standard InChI is InChI=1S/C18H24N4O2/c1-14(20-18(24)21-8-3-4-15(11-21)12-23)16-5-2-6-17(10-16)22-9-7-19-13-22/h2,5-7,9-10,13-15,23H,3-4,8,11-12H2,1H3,(H,20,24). The van der Waals surface area contributed by atoms with Crippen LogP contribution in [0, 0.1) is 5.92 Å². The van der Waals surface area contributed by atoms with Crippen molar-refractivity contribution in [2.24, 2.45) is 5.92 Å². The molecule has 2 heterocycles. The number of aliphatic hydroxyl groups is 1. The number of nitrogens with zero attached hydrogens (tertiary/aromatic N) is 3. The van der Waals surface area contributed by atoms with Crippen LogP contribution in [0.3, 0.4) is 0 Å². The smallest absolute Gasteiger partial charge is 0.317 e. The summed E-state index contributed by atoms with van der Waals surface area (Å²) in [5.41, 5.74) is 2.06. The van der Waals surface area contributed by atoms with Gasteiger partial charge in [-0.25, -0.2) is 9.78 Å². The summed E-state index contributed by atoms with van der Waals surface area (Å²) in [6, 6.07) is 7.91. The molecule has 1 aliphatic rings. The average Bonchev–Trinajstić information content (AvgIpc) is 3.16. The molecule has 0 radical (unpaired) electrons. The van der Waals surface area contributed by atoms with Crippen molar-refractivity contribution in [3.63, 3.8) is 0 Å². The predicted octanol–water partition coefficient (Wildman–Crippen LogP) is 2.35. The average molecular weight is 328 g/mol. The highest BCUT2D eigenvalue weighted by molar-refractivity contribution is 5.74. The molecule has 2 amide bonds. The molecule has 2 unspecified atom stereocenters. The first-order chi connectivity index (χ1) is 11.7. The maximum Gasteiger partial charge on any atom is 0.317 e. The first-order valence-electron chi connectivity index (χ1n) is 8.42. The number of piperidine rings is 1. The summed E-state index contributed by atoms with van der Waals surface area (Å²) in [6.07, 6.45) is 7.33. The van der Waals surface area contributed by atoms with Crippen molar-refractivity contribution in [2.45, 2.75) is 25.8 Å². The molecule has 128 valence electrons. The third kappa shape index (κ3) is 3.76. The van der Waals surface area contributed by atoms with Crippen LogP contribution in [-0.2, 0) is 0 Å². The number of nitrogens with one attached hydrogen (secondary N) is 1. The van der Waals surface area contributed by atoms with E-state index >= 15 is 0 Å². The van der Waals surface area contributed by atoms with E-state index in [1.165, 1.54) is 0 Å². The summed E-state index contributed by atoms with van der Waals surface area (Å²) in [5, 5.41) is 12.4. The molecular formula is C18H24N4O2. The molecule has 1 aromatic carbocycles. The number of hydrogen-bond acceptors (Lipinski definition) is 3. The fourth-order valence-electron chi connectivity index (χ4n) is 3.12. The molecule has 0 aliphatic carbocycles. The second-order valence-electron chi connectivity index (χ2n) is 6.37. The molecule has 2 N–H and O–H groups in total. The van der Waals surface area contributed by atoms with Gasteiger partial charge in [0.05, 0.1) is 12.4 Å². The topological polar surface area (TPSA) is 70.4 Å². The lowest BCUT2D eigenvalue weighted by Crippen LogP contribution is -2.46. The molecule has 2 atom stereocenters. The van der Waals surface area contributed by atoms with Crippen molar-refractivity contribution in [1.82, 2.24) is 19.8 Å². The largest absolute Gasteiger partial charge is 0.396 e. The Kier molecular flexibility index (Phi) is 5.15. The lowest BCUT2D eigenvalue weighted by Gasteiger charge is -2.32. The van der Waals surface area contributed by atoms with Gasteiger partial charge in [0, 0.05) is 37.8 Å². The number of benzene rings is 1. The first kappa shape index (κ1) is 16.5. The molecule has 1 aliphatic heterocycles. The van der Waals surface area contributed by atoms with E-state index in [0.717, 1.165) is 30.6 Å². The third-order valence-corrected chi connectivity index (χ3v) is 4.58. The van der Waals surface area contributed by atoms with Crippen LogP contribution in [0.4, 0.5) is 4.79 Å². The number of aromatic nitrogens is 2. The Balaban J connectivity index is 1.65. The van der Waals surface area contributed by atoms with E-state index in [4.69, 9.17) is 0 Å². The van der Waals surface area contributed by atoms with E-state index in [2.05, 4.69) is 16.4 Å². The number of carbonyl (C=O) groups excluding carboxylic acids is 1. The lowest BCUT2D eigenvalue weighted by atomic mass is 9.99. The number of amides is 2. The monoisotopic (exact) mass is 328 g/mol. The van der Waals surface area contributed by atoms with Gasteiger partial charge in [0.25, 0.3) is 0 Å². The second kappa shape index (κ2) is 7.49. The van der Waals surface area contributed by atoms with Gasteiger partial charge in [-0.1, -0.05) is 12.1 Å². The Morgan fingerprint density at radius 3 is 3.12 bits per heavy atom. The molecule has 0 saturated carbocycles. The Hall–Kier alpha value is -2.34. The zero-order chi connectivity index (χ0) is 16.9. The molecular weight excluding hydrogens is 304 g/mol. The van der Waals surface area contributed by atoms with E-state index in [-0.39, 0.29) is 24.6 Å². The van der Waals surface area contributed by atoms with E-state index in [9.17, 15) is 9.90 Å². The summed E-state index contributed by atoms with van der Waals surface area (Å²) in [4.78, 5) is 18.3. The van der Waals surface area contributed by atoms with Crippen molar-refractivity contribution in [2.75, 3.05) is 19.7 Å². The molecule has 2 aromatic rings. The maximum atomic E-state index is 12.5. The molecule has 1 saturated heterocycles. The highest BCUT2D eigenvalue weighted by Crippen LogP contribution is 2.19. The number of aliphatic hydroxyl groups excluding tert-OH is 1. The van der Waals surface area contributed by atoms with Crippen LogP contribution in [0.15, 0.2) is 43.0 Å². The van der Waals surface area contributed by atoms with Crippen LogP contribution in [0.1, 0.15) is 31.4 Å². The molecule has 1 aromatic heterocycles. The van der Waals surface area contributed by atoms with Gasteiger partial charge in [-0.15, -0.1) is 0 Å². The number of imidazole rings is 1. The Bertz CT molecular complexity index is 671. The van der Waals surface area contributed by atoms with Gasteiger partial charge in [-0.05, 0) is 43.4 Å².